The van der Waals surface area contributed by atoms with Crippen LogP contribution < -0.4 is 5.32 Å². The molecular weight excluding hydrogens is 314 g/mol. The third kappa shape index (κ3) is 3.06. The van der Waals surface area contributed by atoms with E-state index in [4.69, 9.17) is 0 Å². The summed E-state index contributed by atoms with van der Waals surface area (Å²) in [6.45, 7) is 3.57. The van der Waals surface area contributed by atoms with E-state index in [0.717, 1.165) is 36.4 Å². The number of benzene rings is 1. The van der Waals surface area contributed by atoms with Crippen LogP contribution in [0.5, 0.6) is 0 Å². The summed E-state index contributed by atoms with van der Waals surface area (Å²) in [4.78, 5) is 12.4. The average molecular weight is 334 g/mol. The van der Waals surface area contributed by atoms with Crippen LogP contribution in [0, 0.1) is 25.5 Å². The molecule has 1 amide bonds. The zero-order valence-electron chi connectivity index (χ0n) is 13.6. The van der Waals surface area contributed by atoms with Crippen LogP contribution in [0.15, 0.2) is 24.3 Å². The number of hydrogen-bond acceptors (Lipinski definition) is 2. The lowest BCUT2D eigenvalue weighted by molar-refractivity contribution is 0.0910. The highest BCUT2D eigenvalue weighted by Gasteiger charge is 2.28. The standard InChI is InChI=1S/C18H20F2N2O2/c1-10-8-13(11(2)22(10)12-6-7-12)18(24)21-9-16(23)17-14(19)4-3-5-15(17)20/h3-5,8,12,16,23H,6-7,9H2,1-2H3,(H,21,24). The summed E-state index contributed by atoms with van der Waals surface area (Å²) in [5.74, 6) is -2.02. The fourth-order valence-corrected chi connectivity index (χ4v) is 3.12. The Labute approximate surface area is 139 Å². The summed E-state index contributed by atoms with van der Waals surface area (Å²) in [5.41, 5.74) is 1.99. The largest absolute Gasteiger partial charge is 0.386 e. The lowest BCUT2D eigenvalue weighted by atomic mass is 10.1. The molecule has 1 aromatic carbocycles. The number of hydrogen-bond donors (Lipinski definition) is 2. The van der Waals surface area contributed by atoms with Gasteiger partial charge >= 0.3 is 0 Å². The van der Waals surface area contributed by atoms with Crippen LogP contribution in [0.3, 0.4) is 0 Å². The van der Waals surface area contributed by atoms with Crippen LogP contribution in [-0.2, 0) is 0 Å². The van der Waals surface area contributed by atoms with Crippen LogP contribution in [0.25, 0.3) is 0 Å². The van der Waals surface area contributed by atoms with Crippen molar-refractivity contribution < 1.29 is 18.7 Å². The summed E-state index contributed by atoms with van der Waals surface area (Å²) in [6, 6.07) is 5.65. The number of aryl methyl sites for hydroxylation is 1. The maximum atomic E-state index is 13.6. The molecule has 1 heterocycles. The normalized spacial score (nSPS) is 15.4. The average Bonchev–Trinajstić information content (AvgIpc) is 3.30. The second-order valence-corrected chi connectivity index (χ2v) is 6.25. The second kappa shape index (κ2) is 6.36. The van der Waals surface area contributed by atoms with Crippen molar-refractivity contribution in [2.75, 3.05) is 6.54 Å². The van der Waals surface area contributed by atoms with Gasteiger partial charge in [0.1, 0.15) is 17.7 Å². The topological polar surface area (TPSA) is 54.3 Å². The Balaban J connectivity index is 1.71. The molecule has 0 bridgehead atoms. The van der Waals surface area contributed by atoms with Crippen molar-refractivity contribution in [2.45, 2.75) is 38.8 Å². The predicted molar refractivity (Wildman–Crippen MR) is 85.8 cm³/mol. The molecule has 6 heteroatoms. The third-order valence-electron chi connectivity index (χ3n) is 4.43. The molecule has 2 N–H and O–H groups in total. The molecule has 1 atom stereocenters. The van der Waals surface area contributed by atoms with Gasteiger partial charge in [0, 0.05) is 24.0 Å². The molecule has 0 radical (unpaired) electrons. The van der Waals surface area contributed by atoms with Gasteiger partial charge < -0.3 is 15.0 Å². The molecule has 1 saturated carbocycles. The SMILES string of the molecule is Cc1cc(C(=O)NCC(O)c2c(F)cccc2F)c(C)n1C1CC1. The van der Waals surface area contributed by atoms with E-state index in [1.807, 2.05) is 13.8 Å². The minimum atomic E-state index is -1.44. The molecule has 0 spiro atoms. The third-order valence-corrected chi connectivity index (χ3v) is 4.43. The summed E-state index contributed by atoms with van der Waals surface area (Å²) in [5, 5.41) is 12.6. The second-order valence-electron chi connectivity index (χ2n) is 6.25. The molecular formula is C18H20F2N2O2. The monoisotopic (exact) mass is 334 g/mol. The Bertz CT molecular complexity index is 761. The Morgan fingerprint density at radius 1 is 1.33 bits per heavy atom. The van der Waals surface area contributed by atoms with E-state index >= 15 is 0 Å². The van der Waals surface area contributed by atoms with Crippen LogP contribution in [0.4, 0.5) is 8.78 Å². The number of carbonyl (C=O) groups is 1. The molecule has 0 aliphatic heterocycles. The van der Waals surface area contributed by atoms with E-state index in [2.05, 4.69) is 9.88 Å². The van der Waals surface area contributed by atoms with Crippen molar-refractivity contribution >= 4 is 5.91 Å². The van der Waals surface area contributed by atoms with Crippen molar-refractivity contribution in [1.82, 2.24) is 9.88 Å². The number of nitrogens with one attached hydrogen (secondary N) is 1. The first-order valence-electron chi connectivity index (χ1n) is 7.98. The molecule has 128 valence electrons. The van der Waals surface area contributed by atoms with Gasteiger partial charge in [-0.25, -0.2) is 8.78 Å². The maximum Gasteiger partial charge on any atom is 0.253 e. The van der Waals surface area contributed by atoms with Gasteiger partial charge in [0.25, 0.3) is 5.91 Å². The summed E-state index contributed by atoms with van der Waals surface area (Å²) < 4.78 is 29.4. The van der Waals surface area contributed by atoms with Crippen molar-refractivity contribution in [1.29, 1.82) is 0 Å². The summed E-state index contributed by atoms with van der Waals surface area (Å²) in [6.07, 6.45) is 0.785. The molecule has 1 aliphatic carbocycles. The highest BCUT2D eigenvalue weighted by Crippen LogP contribution is 2.38. The first-order chi connectivity index (χ1) is 11.4. The van der Waals surface area contributed by atoms with Gasteiger partial charge in [0.15, 0.2) is 0 Å². The number of aliphatic hydroxyl groups is 1. The van der Waals surface area contributed by atoms with Gasteiger partial charge in [0.2, 0.25) is 0 Å². The Hall–Kier alpha value is -2.21. The first kappa shape index (κ1) is 16.6. The molecule has 2 aromatic rings. The van der Waals surface area contributed by atoms with Gasteiger partial charge in [-0.15, -0.1) is 0 Å². The molecule has 0 saturated heterocycles. The minimum Gasteiger partial charge on any atom is -0.386 e. The molecule has 4 nitrogen and oxygen atoms in total. The molecule has 1 aromatic heterocycles. The smallest absolute Gasteiger partial charge is 0.253 e. The van der Waals surface area contributed by atoms with Crippen LogP contribution in [-0.4, -0.2) is 22.1 Å². The van der Waals surface area contributed by atoms with Gasteiger partial charge in [-0.2, -0.15) is 0 Å². The number of aliphatic hydroxyl groups excluding tert-OH is 1. The molecule has 1 aliphatic rings. The van der Waals surface area contributed by atoms with Gasteiger partial charge in [0.05, 0.1) is 11.1 Å². The van der Waals surface area contributed by atoms with E-state index in [-0.39, 0.29) is 12.5 Å². The van der Waals surface area contributed by atoms with Crippen molar-refractivity contribution in [3.8, 4) is 0 Å². The number of halogens is 2. The highest BCUT2D eigenvalue weighted by atomic mass is 19.1. The Morgan fingerprint density at radius 3 is 2.54 bits per heavy atom. The molecule has 1 fully saturated rings. The number of aromatic nitrogens is 1. The van der Waals surface area contributed by atoms with Gasteiger partial charge in [-0.3, -0.25) is 4.79 Å². The lowest BCUT2D eigenvalue weighted by Crippen LogP contribution is -2.29. The summed E-state index contributed by atoms with van der Waals surface area (Å²) >= 11 is 0. The molecule has 24 heavy (non-hydrogen) atoms. The maximum absolute atomic E-state index is 13.6. The van der Waals surface area contributed by atoms with Crippen LogP contribution >= 0.6 is 0 Å². The van der Waals surface area contributed by atoms with E-state index in [0.29, 0.717) is 11.6 Å². The zero-order valence-corrected chi connectivity index (χ0v) is 13.6. The van der Waals surface area contributed by atoms with E-state index in [9.17, 15) is 18.7 Å². The Morgan fingerprint density at radius 2 is 1.96 bits per heavy atom. The predicted octanol–water partition coefficient (Wildman–Crippen LogP) is 3.18. The molecule has 1 unspecified atom stereocenters. The quantitative estimate of drug-likeness (QED) is 0.882. The molecule has 3 rings (SSSR count). The fraction of sp³-hybridized carbons (Fsp3) is 0.389. The van der Waals surface area contributed by atoms with E-state index in [1.165, 1.54) is 6.07 Å². The minimum absolute atomic E-state index is 0.260. The van der Waals surface area contributed by atoms with Crippen molar-refractivity contribution in [2.24, 2.45) is 0 Å². The number of nitrogens with zero attached hydrogens (tertiary/aromatic N) is 1. The van der Waals surface area contributed by atoms with Crippen LogP contribution in [0.2, 0.25) is 0 Å². The lowest BCUT2D eigenvalue weighted by Gasteiger charge is -2.14. The van der Waals surface area contributed by atoms with Gasteiger partial charge in [-0.05, 0) is 44.9 Å². The van der Waals surface area contributed by atoms with Crippen LogP contribution in [0.1, 0.15) is 52.3 Å². The Kier molecular flexibility index (Phi) is 4.41. The number of rotatable bonds is 5. The van der Waals surface area contributed by atoms with E-state index in [1.54, 1.807) is 6.07 Å². The fourth-order valence-electron chi connectivity index (χ4n) is 3.12. The summed E-state index contributed by atoms with van der Waals surface area (Å²) in [7, 11) is 0. The van der Waals surface area contributed by atoms with Crippen molar-refractivity contribution in [3.05, 3.63) is 58.4 Å². The number of amides is 1. The first-order valence-corrected chi connectivity index (χ1v) is 7.98. The highest BCUT2D eigenvalue weighted by molar-refractivity contribution is 5.95. The zero-order chi connectivity index (χ0) is 17.4. The number of carbonyl (C=O) groups excluding carboxylic acids is 1. The van der Waals surface area contributed by atoms with Crippen molar-refractivity contribution in [3.63, 3.8) is 0 Å². The van der Waals surface area contributed by atoms with E-state index < -0.39 is 23.3 Å². The van der Waals surface area contributed by atoms with Gasteiger partial charge in [-0.1, -0.05) is 6.07 Å².